The highest BCUT2D eigenvalue weighted by molar-refractivity contribution is 5.46. The lowest BCUT2D eigenvalue weighted by Gasteiger charge is -2.27. The molecule has 0 heterocycles. The summed E-state index contributed by atoms with van der Waals surface area (Å²) in [6, 6.07) is 6.66. The van der Waals surface area contributed by atoms with Gasteiger partial charge in [-0.25, -0.2) is 0 Å². The van der Waals surface area contributed by atoms with Crippen molar-refractivity contribution in [3.63, 3.8) is 0 Å². The quantitative estimate of drug-likeness (QED) is 0.790. The molecule has 1 N–H and O–H groups in total. The summed E-state index contributed by atoms with van der Waals surface area (Å²) in [5, 5.41) is 11.0. The lowest BCUT2D eigenvalue weighted by Crippen LogP contribution is -2.12. The molecular formula is C20H26O. The maximum atomic E-state index is 11.0. The van der Waals surface area contributed by atoms with Crippen molar-refractivity contribution in [2.45, 2.75) is 63.2 Å². The third-order valence-electron chi connectivity index (χ3n) is 7.37. The molecule has 112 valence electrons. The van der Waals surface area contributed by atoms with Gasteiger partial charge in [-0.2, -0.15) is 0 Å². The fourth-order valence-electron chi connectivity index (χ4n) is 6.43. The Hall–Kier alpha value is -0.980. The molecule has 0 aliphatic heterocycles. The first-order chi connectivity index (χ1) is 10.3. The van der Waals surface area contributed by atoms with E-state index in [1.807, 2.05) is 0 Å². The van der Waals surface area contributed by atoms with Crippen LogP contribution in [0.15, 0.2) is 18.2 Å². The predicted molar refractivity (Wildman–Crippen MR) is 84.5 cm³/mol. The van der Waals surface area contributed by atoms with Crippen molar-refractivity contribution in [2.75, 3.05) is 0 Å². The summed E-state index contributed by atoms with van der Waals surface area (Å²) in [7, 11) is 0. The summed E-state index contributed by atoms with van der Waals surface area (Å²) in [6.45, 7) is 0. The first-order valence-electron chi connectivity index (χ1n) is 9.11. The molecular weight excluding hydrogens is 256 g/mol. The van der Waals surface area contributed by atoms with Gasteiger partial charge in [0.2, 0.25) is 0 Å². The number of hydrogen-bond acceptors (Lipinski definition) is 1. The van der Waals surface area contributed by atoms with Crippen LogP contribution in [0, 0.1) is 23.7 Å². The molecule has 6 atom stereocenters. The summed E-state index contributed by atoms with van der Waals surface area (Å²) in [6.07, 6.45) is 11.2. The average molecular weight is 282 g/mol. The van der Waals surface area contributed by atoms with Gasteiger partial charge in [-0.05, 0) is 85.2 Å². The number of hydrogen-bond donors (Lipinski definition) is 1. The standard InChI is InChI=1S/C20H26O/c21-20-16(18-10-12-4-6-14(18)8-12)2-1-3-17(20)19-11-13-5-7-15(19)9-13/h1-3,12-15,18-19,21H,4-11H2/t12-,13-,14+,15+,18?,19?/m1/s1. The van der Waals surface area contributed by atoms with Crippen molar-refractivity contribution in [1.82, 2.24) is 0 Å². The number of phenols is 1. The first-order valence-corrected chi connectivity index (χ1v) is 9.11. The highest BCUT2D eigenvalue weighted by Crippen LogP contribution is 2.58. The molecule has 2 unspecified atom stereocenters. The van der Waals surface area contributed by atoms with E-state index in [9.17, 15) is 5.11 Å². The van der Waals surface area contributed by atoms with Gasteiger partial charge in [0, 0.05) is 0 Å². The predicted octanol–water partition coefficient (Wildman–Crippen LogP) is 5.20. The maximum absolute atomic E-state index is 11.0. The number of para-hydroxylation sites is 1. The van der Waals surface area contributed by atoms with Crippen LogP contribution in [-0.4, -0.2) is 5.11 Å². The molecule has 4 aliphatic rings. The van der Waals surface area contributed by atoms with Crippen molar-refractivity contribution in [3.8, 4) is 5.75 Å². The van der Waals surface area contributed by atoms with Gasteiger partial charge in [0.05, 0.1) is 0 Å². The molecule has 1 aromatic rings. The Labute approximate surface area is 127 Å². The van der Waals surface area contributed by atoms with Gasteiger partial charge in [-0.1, -0.05) is 31.0 Å². The molecule has 0 saturated heterocycles. The normalized spacial score (nSPS) is 43.8. The summed E-state index contributed by atoms with van der Waals surface area (Å²) < 4.78 is 0. The molecule has 21 heavy (non-hydrogen) atoms. The fraction of sp³-hybridized carbons (Fsp3) is 0.700. The summed E-state index contributed by atoms with van der Waals surface area (Å²) in [5.41, 5.74) is 2.59. The molecule has 4 fully saturated rings. The zero-order valence-corrected chi connectivity index (χ0v) is 12.8. The molecule has 0 radical (unpaired) electrons. The SMILES string of the molecule is Oc1c(C2C[C@@H]3CC[C@H]2C3)cccc1C1C[C@@H]2CC[C@H]1C2. The Morgan fingerprint density at radius 1 is 0.714 bits per heavy atom. The molecule has 0 amide bonds. The fourth-order valence-corrected chi connectivity index (χ4v) is 6.43. The lowest BCUT2D eigenvalue weighted by atomic mass is 9.78. The van der Waals surface area contributed by atoms with E-state index in [0.717, 1.165) is 23.7 Å². The van der Waals surface area contributed by atoms with E-state index in [1.165, 1.54) is 62.5 Å². The second kappa shape index (κ2) is 4.51. The van der Waals surface area contributed by atoms with E-state index in [1.54, 1.807) is 0 Å². The monoisotopic (exact) mass is 282 g/mol. The number of rotatable bonds is 2. The zero-order chi connectivity index (χ0) is 14.0. The van der Waals surface area contributed by atoms with E-state index in [-0.39, 0.29) is 0 Å². The van der Waals surface area contributed by atoms with Crippen molar-refractivity contribution in [3.05, 3.63) is 29.3 Å². The topological polar surface area (TPSA) is 20.2 Å². The Morgan fingerprint density at radius 2 is 1.24 bits per heavy atom. The Balaban J connectivity index is 1.49. The van der Waals surface area contributed by atoms with Gasteiger partial charge in [-0.15, -0.1) is 0 Å². The van der Waals surface area contributed by atoms with E-state index in [0.29, 0.717) is 17.6 Å². The lowest BCUT2D eigenvalue weighted by molar-refractivity contribution is 0.377. The van der Waals surface area contributed by atoms with E-state index < -0.39 is 0 Å². The second-order valence-electron chi connectivity index (χ2n) is 8.35. The zero-order valence-electron chi connectivity index (χ0n) is 12.8. The van der Waals surface area contributed by atoms with E-state index in [2.05, 4.69) is 18.2 Å². The Kier molecular flexibility index (Phi) is 2.69. The molecule has 0 spiro atoms. The van der Waals surface area contributed by atoms with Gasteiger partial charge in [0.15, 0.2) is 0 Å². The van der Waals surface area contributed by atoms with Gasteiger partial charge >= 0.3 is 0 Å². The highest BCUT2D eigenvalue weighted by Gasteiger charge is 2.44. The van der Waals surface area contributed by atoms with Crippen LogP contribution in [0.2, 0.25) is 0 Å². The molecule has 1 heteroatoms. The molecule has 5 rings (SSSR count). The van der Waals surface area contributed by atoms with Crippen LogP contribution in [0.1, 0.15) is 74.3 Å². The van der Waals surface area contributed by atoms with Crippen molar-refractivity contribution in [2.24, 2.45) is 23.7 Å². The smallest absolute Gasteiger partial charge is 0.122 e. The van der Waals surface area contributed by atoms with Crippen molar-refractivity contribution >= 4 is 0 Å². The van der Waals surface area contributed by atoms with Crippen LogP contribution in [0.3, 0.4) is 0 Å². The second-order valence-corrected chi connectivity index (χ2v) is 8.35. The van der Waals surface area contributed by atoms with Gasteiger partial charge < -0.3 is 5.11 Å². The Bertz CT molecular complexity index is 517. The van der Waals surface area contributed by atoms with Gasteiger partial charge in [0.25, 0.3) is 0 Å². The first kappa shape index (κ1) is 12.6. The Morgan fingerprint density at radius 3 is 1.62 bits per heavy atom. The largest absolute Gasteiger partial charge is 0.507 e. The number of phenolic OH excluding ortho intramolecular Hbond substituents is 1. The van der Waals surface area contributed by atoms with E-state index in [4.69, 9.17) is 0 Å². The van der Waals surface area contributed by atoms with Crippen LogP contribution in [-0.2, 0) is 0 Å². The minimum Gasteiger partial charge on any atom is -0.507 e. The number of benzene rings is 1. The van der Waals surface area contributed by atoms with Crippen LogP contribution in [0.25, 0.3) is 0 Å². The van der Waals surface area contributed by atoms with Crippen LogP contribution in [0.4, 0.5) is 0 Å². The molecule has 4 aliphatic carbocycles. The van der Waals surface area contributed by atoms with Crippen molar-refractivity contribution in [1.29, 1.82) is 0 Å². The molecule has 4 bridgehead atoms. The summed E-state index contributed by atoms with van der Waals surface area (Å²) in [4.78, 5) is 0. The molecule has 4 saturated carbocycles. The average Bonchev–Trinajstić information content (AvgIpc) is 3.27. The summed E-state index contributed by atoms with van der Waals surface area (Å²) in [5.74, 6) is 5.61. The van der Waals surface area contributed by atoms with Gasteiger partial charge in [-0.3, -0.25) is 0 Å². The van der Waals surface area contributed by atoms with Gasteiger partial charge in [0.1, 0.15) is 5.75 Å². The minimum atomic E-state index is 0.655. The van der Waals surface area contributed by atoms with Crippen LogP contribution >= 0.6 is 0 Å². The van der Waals surface area contributed by atoms with E-state index >= 15 is 0 Å². The van der Waals surface area contributed by atoms with Crippen LogP contribution in [0.5, 0.6) is 5.75 Å². The summed E-state index contributed by atoms with van der Waals surface area (Å²) >= 11 is 0. The number of aromatic hydroxyl groups is 1. The maximum Gasteiger partial charge on any atom is 0.122 e. The van der Waals surface area contributed by atoms with Crippen molar-refractivity contribution < 1.29 is 5.11 Å². The minimum absolute atomic E-state index is 0.655. The third kappa shape index (κ3) is 1.82. The molecule has 1 nitrogen and oxygen atoms in total. The molecule has 0 aromatic heterocycles. The van der Waals surface area contributed by atoms with Crippen LogP contribution < -0.4 is 0 Å². The highest BCUT2D eigenvalue weighted by atomic mass is 16.3. The number of fused-ring (bicyclic) bond motifs is 4. The third-order valence-corrected chi connectivity index (χ3v) is 7.37. The molecule has 1 aromatic carbocycles.